The number of aryl methyl sites for hydroxylation is 1. The van der Waals surface area contributed by atoms with Crippen molar-refractivity contribution in [3.8, 4) is 11.1 Å². The van der Waals surface area contributed by atoms with E-state index in [1.54, 1.807) is 12.1 Å². The quantitative estimate of drug-likeness (QED) is 0.313. The third-order valence-electron chi connectivity index (χ3n) is 7.19. The average molecular weight is 526 g/mol. The van der Waals surface area contributed by atoms with Crippen molar-refractivity contribution in [1.29, 1.82) is 0 Å². The summed E-state index contributed by atoms with van der Waals surface area (Å²) in [6, 6.07) is 23.4. The van der Waals surface area contributed by atoms with Crippen LogP contribution >= 0.6 is 0 Å². The Hall–Kier alpha value is -4.17. The van der Waals surface area contributed by atoms with Crippen LogP contribution in [0, 0.1) is 0 Å². The minimum Gasteiger partial charge on any atom is -0.331 e. The van der Waals surface area contributed by atoms with E-state index < -0.39 is 21.2 Å². The SMILES string of the molecule is CCc1ccc2c(c1)c(-c1ccc[nH]c1=O)c(C(=O)NS(=O)(=O)C1CC1)n2Cc1ccc2ccccc2c1. The van der Waals surface area contributed by atoms with Gasteiger partial charge < -0.3 is 9.55 Å². The minimum absolute atomic E-state index is 0.155. The van der Waals surface area contributed by atoms with Crippen LogP contribution in [0.25, 0.3) is 32.8 Å². The highest BCUT2D eigenvalue weighted by molar-refractivity contribution is 7.91. The van der Waals surface area contributed by atoms with Gasteiger partial charge in [0, 0.05) is 34.8 Å². The number of amides is 1. The first-order chi connectivity index (χ1) is 18.4. The predicted molar refractivity (Wildman–Crippen MR) is 150 cm³/mol. The summed E-state index contributed by atoms with van der Waals surface area (Å²) in [5.74, 6) is -0.731. The smallest absolute Gasteiger partial charge is 0.282 e. The van der Waals surface area contributed by atoms with Gasteiger partial charge in [0.2, 0.25) is 10.0 Å². The molecule has 1 aliphatic rings. The van der Waals surface area contributed by atoms with Gasteiger partial charge in [0.1, 0.15) is 5.69 Å². The summed E-state index contributed by atoms with van der Waals surface area (Å²) in [6.45, 7) is 2.36. The van der Waals surface area contributed by atoms with Crippen LogP contribution in [0.1, 0.15) is 41.4 Å². The molecule has 0 bridgehead atoms. The van der Waals surface area contributed by atoms with Gasteiger partial charge in [-0.1, -0.05) is 49.4 Å². The number of carbonyl (C=O) groups excluding carboxylic acids is 1. The summed E-state index contributed by atoms with van der Waals surface area (Å²) in [5, 5.41) is 2.35. The number of sulfonamides is 1. The first kappa shape index (κ1) is 24.2. The second kappa shape index (κ2) is 9.29. The minimum atomic E-state index is -3.81. The fourth-order valence-corrected chi connectivity index (χ4v) is 6.35. The fraction of sp³-hybridized carbons (Fsp3) is 0.200. The number of hydrogen-bond donors (Lipinski definition) is 2. The number of aromatic nitrogens is 2. The molecule has 0 unspecified atom stereocenters. The van der Waals surface area contributed by atoms with E-state index in [4.69, 9.17) is 0 Å². The number of H-pyrrole nitrogens is 1. The molecule has 192 valence electrons. The number of pyridine rings is 1. The van der Waals surface area contributed by atoms with Crippen molar-refractivity contribution >= 4 is 37.6 Å². The van der Waals surface area contributed by atoms with E-state index >= 15 is 0 Å². The summed E-state index contributed by atoms with van der Waals surface area (Å²) in [5.41, 5.74) is 3.31. The monoisotopic (exact) mass is 525 g/mol. The molecule has 3 aromatic carbocycles. The lowest BCUT2D eigenvalue weighted by molar-refractivity contribution is 0.0974. The zero-order valence-electron chi connectivity index (χ0n) is 20.9. The maximum atomic E-state index is 13.8. The molecule has 2 heterocycles. The van der Waals surface area contributed by atoms with Crippen LogP contribution in [-0.4, -0.2) is 29.1 Å². The van der Waals surface area contributed by atoms with E-state index in [1.165, 1.54) is 6.20 Å². The van der Waals surface area contributed by atoms with Crippen LogP contribution in [0.15, 0.2) is 83.8 Å². The lowest BCUT2D eigenvalue weighted by atomic mass is 10.0. The lowest BCUT2D eigenvalue weighted by Gasteiger charge is -2.14. The Morgan fingerprint density at radius 2 is 1.74 bits per heavy atom. The van der Waals surface area contributed by atoms with Gasteiger partial charge in [-0.15, -0.1) is 0 Å². The van der Waals surface area contributed by atoms with Gasteiger partial charge in [-0.2, -0.15) is 0 Å². The van der Waals surface area contributed by atoms with Gasteiger partial charge in [-0.3, -0.25) is 9.59 Å². The summed E-state index contributed by atoms with van der Waals surface area (Å²) in [6.07, 6.45) is 3.38. The number of aromatic amines is 1. The Morgan fingerprint density at radius 1 is 0.974 bits per heavy atom. The average Bonchev–Trinajstić information content (AvgIpc) is 3.73. The number of nitrogens with zero attached hydrogens (tertiary/aromatic N) is 1. The van der Waals surface area contributed by atoms with Crippen LogP contribution in [0.4, 0.5) is 0 Å². The van der Waals surface area contributed by atoms with Crippen molar-refractivity contribution in [2.45, 2.75) is 38.0 Å². The lowest BCUT2D eigenvalue weighted by Crippen LogP contribution is -2.35. The summed E-state index contributed by atoms with van der Waals surface area (Å²) >= 11 is 0. The second-order valence-electron chi connectivity index (χ2n) is 9.78. The molecule has 0 saturated heterocycles. The molecular formula is C30H27N3O4S. The van der Waals surface area contributed by atoms with Crippen molar-refractivity contribution in [3.63, 3.8) is 0 Å². The van der Waals surface area contributed by atoms with Gasteiger partial charge in [0.25, 0.3) is 11.5 Å². The molecule has 0 radical (unpaired) electrons. The molecule has 0 aliphatic heterocycles. The number of rotatable bonds is 7. The van der Waals surface area contributed by atoms with Crippen LogP contribution in [0.5, 0.6) is 0 Å². The van der Waals surface area contributed by atoms with Gasteiger partial charge in [0.15, 0.2) is 0 Å². The van der Waals surface area contributed by atoms with Crippen molar-refractivity contribution in [3.05, 3.63) is 106 Å². The van der Waals surface area contributed by atoms with Gasteiger partial charge >= 0.3 is 0 Å². The molecule has 7 nitrogen and oxygen atoms in total. The Labute approximate surface area is 220 Å². The number of nitrogens with one attached hydrogen (secondary N) is 2. The Bertz CT molecular complexity index is 1880. The largest absolute Gasteiger partial charge is 0.331 e. The first-order valence-corrected chi connectivity index (χ1v) is 14.3. The van der Waals surface area contributed by atoms with Gasteiger partial charge in [-0.25, -0.2) is 13.1 Å². The molecule has 1 aliphatic carbocycles. The summed E-state index contributed by atoms with van der Waals surface area (Å²) < 4.78 is 29.8. The third-order valence-corrected chi connectivity index (χ3v) is 9.01. The maximum Gasteiger partial charge on any atom is 0.282 e. The van der Waals surface area contributed by atoms with E-state index in [-0.39, 0.29) is 11.3 Å². The number of hydrogen-bond acceptors (Lipinski definition) is 4. The van der Waals surface area contributed by atoms with Crippen molar-refractivity contribution in [1.82, 2.24) is 14.3 Å². The van der Waals surface area contributed by atoms with E-state index in [9.17, 15) is 18.0 Å². The summed E-state index contributed by atoms with van der Waals surface area (Å²) in [4.78, 5) is 29.5. The molecule has 1 fully saturated rings. The van der Waals surface area contributed by atoms with Crippen LogP contribution in [-0.2, 0) is 23.0 Å². The Kier molecular flexibility index (Phi) is 5.91. The first-order valence-electron chi connectivity index (χ1n) is 12.7. The molecule has 0 spiro atoms. The molecule has 38 heavy (non-hydrogen) atoms. The normalized spacial score (nSPS) is 13.7. The number of benzene rings is 3. The standard InChI is InChI=1S/C30H27N3O4S/c1-2-19-10-14-26-25(17-19)27(24-8-5-15-31-29(24)34)28(30(35)32-38(36,37)23-12-13-23)33(26)18-20-9-11-21-6-3-4-7-22(21)16-20/h3-11,14-17,23H,2,12-13,18H2,1H3,(H,31,34)(H,32,35). The highest BCUT2D eigenvalue weighted by Gasteiger charge is 2.38. The fourth-order valence-electron chi connectivity index (χ4n) is 5.07. The molecule has 2 aromatic heterocycles. The maximum absolute atomic E-state index is 13.8. The molecule has 1 amide bonds. The highest BCUT2D eigenvalue weighted by atomic mass is 32.2. The Morgan fingerprint density at radius 3 is 2.47 bits per heavy atom. The zero-order valence-corrected chi connectivity index (χ0v) is 21.7. The summed E-state index contributed by atoms with van der Waals surface area (Å²) in [7, 11) is -3.81. The van der Waals surface area contributed by atoms with Crippen LogP contribution in [0.3, 0.4) is 0 Å². The molecule has 1 saturated carbocycles. The number of fused-ring (bicyclic) bond motifs is 2. The van der Waals surface area contributed by atoms with Crippen LogP contribution in [0.2, 0.25) is 0 Å². The van der Waals surface area contributed by atoms with Gasteiger partial charge in [-0.05, 0) is 71.5 Å². The second-order valence-corrected chi connectivity index (χ2v) is 11.7. The zero-order chi connectivity index (χ0) is 26.4. The Balaban J connectivity index is 1.61. The highest BCUT2D eigenvalue weighted by Crippen LogP contribution is 2.36. The molecule has 8 heteroatoms. The van der Waals surface area contributed by atoms with Crippen molar-refractivity contribution in [2.24, 2.45) is 0 Å². The molecule has 5 aromatic rings. The van der Waals surface area contributed by atoms with Crippen LogP contribution < -0.4 is 10.3 Å². The van der Waals surface area contributed by atoms with Gasteiger partial charge in [0.05, 0.1) is 5.25 Å². The van der Waals surface area contributed by atoms with Crippen molar-refractivity contribution in [2.75, 3.05) is 0 Å². The molecular weight excluding hydrogens is 498 g/mol. The van der Waals surface area contributed by atoms with Crippen molar-refractivity contribution < 1.29 is 13.2 Å². The molecule has 6 rings (SSSR count). The molecule has 0 atom stereocenters. The number of carbonyl (C=O) groups is 1. The van der Waals surface area contributed by atoms with E-state index in [2.05, 4.69) is 15.8 Å². The van der Waals surface area contributed by atoms with E-state index in [0.717, 1.165) is 39.2 Å². The molecule has 2 N–H and O–H groups in total. The van der Waals surface area contributed by atoms with E-state index in [0.29, 0.717) is 30.5 Å². The third kappa shape index (κ3) is 4.31. The predicted octanol–water partition coefficient (Wildman–Crippen LogP) is 4.98. The van der Waals surface area contributed by atoms with E-state index in [1.807, 2.05) is 66.1 Å². The topological polar surface area (TPSA) is 101 Å².